The third kappa shape index (κ3) is 22.8. The summed E-state index contributed by atoms with van der Waals surface area (Å²) in [6.45, 7) is 42.9. The lowest BCUT2D eigenvalue weighted by atomic mass is 9.77. The molecule has 1 saturated heterocycles. The number of nitriles is 8. The SMILES string of the molecule is COc1cc(CC#N)c(-c2cc(CC#N)c(C)c(CC#N)c2)c(CC#N)c1.[C-]#[N+]Cc1cc(-c2cc(CC#N)c(C)c(CC#N)c2)cc(C[N+]#[C-])c1OCc1ccccc1.[C-]#[N+]Cc1cc(B2OC(C)(C)C(C)(C)O2)cc(CC#N)c1OCc1ccccc1.[C-]#[N+]Cc1cc(Br)cc(CC#N)c1OCc1ccccc1. The van der Waals surface area contributed by atoms with Gasteiger partial charge in [0.1, 0.15) is 42.8 Å². The van der Waals surface area contributed by atoms with Crippen LogP contribution in [0.2, 0.25) is 0 Å². The quantitative estimate of drug-likeness (QED) is 0.0381. The fraction of sp³-hybridized carbons (Fsp3) is 0.267. The molecule has 544 valence electrons. The van der Waals surface area contributed by atoms with Crippen molar-refractivity contribution < 1.29 is 28.3 Å². The van der Waals surface area contributed by atoms with Crippen LogP contribution in [0.25, 0.3) is 41.6 Å². The average molecular weight is 1510 g/mol. The van der Waals surface area contributed by atoms with E-state index in [2.05, 4.69) is 83.9 Å². The molecule has 0 atom stereocenters. The lowest BCUT2D eigenvalue weighted by molar-refractivity contribution is 0.00578. The molecule has 0 bridgehead atoms. The van der Waals surface area contributed by atoms with Gasteiger partial charge in [0.15, 0.2) is 0 Å². The average Bonchev–Trinajstić information content (AvgIpc) is 1.61. The molecular formula is C90H78BBrN12O6. The summed E-state index contributed by atoms with van der Waals surface area (Å²) in [7, 11) is 0.994. The normalized spacial score (nSPS) is 11.6. The van der Waals surface area contributed by atoms with Crippen molar-refractivity contribution >= 4 is 28.5 Å². The zero-order valence-corrected chi connectivity index (χ0v) is 64.1. The molecule has 20 heteroatoms. The van der Waals surface area contributed by atoms with E-state index in [-0.39, 0.29) is 77.5 Å². The predicted molar refractivity (Wildman–Crippen MR) is 424 cm³/mol. The molecule has 0 aliphatic carbocycles. The second kappa shape index (κ2) is 42.0. The highest BCUT2D eigenvalue weighted by Crippen LogP contribution is 2.40. The molecule has 0 saturated carbocycles. The van der Waals surface area contributed by atoms with E-state index >= 15 is 0 Å². The fourth-order valence-corrected chi connectivity index (χ4v) is 12.8. The minimum Gasteiger partial charge on any atom is -0.497 e. The summed E-state index contributed by atoms with van der Waals surface area (Å²) < 4.78 is 36.6. The molecule has 9 aromatic carbocycles. The van der Waals surface area contributed by atoms with Gasteiger partial charge in [-0.2, -0.15) is 42.1 Å². The van der Waals surface area contributed by atoms with E-state index in [9.17, 15) is 26.3 Å². The summed E-state index contributed by atoms with van der Waals surface area (Å²) in [5.74, 6) is 2.43. The highest BCUT2D eigenvalue weighted by atomic mass is 79.9. The van der Waals surface area contributed by atoms with Gasteiger partial charge in [-0.3, -0.25) is 0 Å². The minimum atomic E-state index is -0.551. The van der Waals surface area contributed by atoms with E-state index < -0.39 is 18.3 Å². The van der Waals surface area contributed by atoms with Gasteiger partial charge in [0.25, 0.3) is 0 Å². The van der Waals surface area contributed by atoms with Crippen LogP contribution in [0.4, 0.5) is 0 Å². The van der Waals surface area contributed by atoms with Gasteiger partial charge in [0.05, 0.1) is 140 Å². The number of methoxy groups -OCH3 is 1. The second-order valence-corrected chi connectivity index (χ2v) is 27.3. The molecule has 9 aromatic rings. The van der Waals surface area contributed by atoms with Gasteiger partial charge in [-0.05, 0) is 197 Å². The summed E-state index contributed by atoms with van der Waals surface area (Å²) in [6, 6.07) is 69.6. The van der Waals surface area contributed by atoms with E-state index in [1.165, 1.54) is 0 Å². The van der Waals surface area contributed by atoms with Crippen LogP contribution in [0.3, 0.4) is 0 Å². The summed E-state index contributed by atoms with van der Waals surface area (Å²) in [5, 5.41) is 73.6. The largest absolute Gasteiger partial charge is 0.497 e. The van der Waals surface area contributed by atoms with E-state index in [1.54, 1.807) is 19.2 Å². The Balaban J connectivity index is 0.000000206. The smallest absolute Gasteiger partial charge is 0.494 e. The van der Waals surface area contributed by atoms with Gasteiger partial charge in [0, 0.05) is 15.6 Å². The van der Waals surface area contributed by atoms with Crippen LogP contribution in [-0.2, 0) is 107 Å². The lowest BCUT2D eigenvalue weighted by Gasteiger charge is -2.32. The van der Waals surface area contributed by atoms with Gasteiger partial charge >= 0.3 is 7.12 Å². The topological polar surface area (TPSA) is 263 Å². The van der Waals surface area contributed by atoms with Gasteiger partial charge < -0.3 is 47.6 Å². The van der Waals surface area contributed by atoms with E-state index in [1.807, 2.05) is 193 Å². The molecule has 110 heavy (non-hydrogen) atoms. The highest BCUT2D eigenvalue weighted by Gasteiger charge is 2.52. The minimum absolute atomic E-state index is 0.130. The molecule has 1 fully saturated rings. The number of hydrogen-bond acceptors (Lipinski definition) is 14. The van der Waals surface area contributed by atoms with Gasteiger partial charge in [0.2, 0.25) is 26.2 Å². The molecular weight excluding hydrogens is 1440 g/mol. The zero-order chi connectivity index (χ0) is 79.6. The van der Waals surface area contributed by atoms with Crippen molar-refractivity contribution in [2.45, 2.75) is 150 Å². The molecule has 0 radical (unpaired) electrons. The zero-order valence-electron chi connectivity index (χ0n) is 62.5. The Hall–Kier alpha value is -13.5. The maximum absolute atomic E-state index is 9.34. The summed E-state index contributed by atoms with van der Waals surface area (Å²) in [6.07, 6.45) is 1.74. The predicted octanol–water partition coefficient (Wildman–Crippen LogP) is 18.7. The maximum Gasteiger partial charge on any atom is 0.494 e. The van der Waals surface area contributed by atoms with Crippen LogP contribution in [0.1, 0.15) is 122 Å². The third-order valence-electron chi connectivity index (χ3n) is 18.5. The third-order valence-corrected chi connectivity index (χ3v) is 18.9. The van der Waals surface area contributed by atoms with Crippen LogP contribution in [-0.4, -0.2) is 25.4 Å². The van der Waals surface area contributed by atoms with Crippen molar-refractivity contribution in [1.29, 1.82) is 42.1 Å². The van der Waals surface area contributed by atoms with Gasteiger partial charge in [-0.15, -0.1) is 0 Å². The first kappa shape index (κ1) is 83.8. The molecule has 0 amide bonds. The number of benzene rings is 9. The Morgan fingerprint density at radius 2 is 0.645 bits per heavy atom. The Morgan fingerprint density at radius 1 is 0.373 bits per heavy atom. The second-order valence-electron chi connectivity index (χ2n) is 26.4. The van der Waals surface area contributed by atoms with Crippen molar-refractivity contribution in [3.05, 3.63) is 309 Å². The van der Waals surface area contributed by atoms with E-state index in [0.29, 0.717) is 42.8 Å². The van der Waals surface area contributed by atoms with Gasteiger partial charge in [-0.25, -0.2) is 26.3 Å². The Bertz CT molecular complexity index is 5070. The van der Waals surface area contributed by atoms with Crippen LogP contribution in [0.5, 0.6) is 23.0 Å². The first-order valence-electron chi connectivity index (χ1n) is 34.9. The van der Waals surface area contributed by atoms with Gasteiger partial charge in [-0.1, -0.05) is 113 Å². The fourth-order valence-electron chi connectivity index (χ4n) is 12.3. The van der Waals surface area contributed by atoms with E-state index in [0.717, 1.165) is 127 Å². The Kier molecular flexibility index (Phi) is 32.0. The van der Waals surface area contributed by atoms with Crippen LogP contribution >= 0.6 is 15.9 Å². The van der Waals surface area contributed by atoms with Crippen LogP contribution in [0, 0.1) is 131 Å². The Labute approximate surface area is 654 Å². The molecule has 0 N–H and O–H groups in total. The molecule has 0 aromatic heterocycles. The molecule has 1 heterocycles. The number of ether oxygens (including phenoxy) is 4. The number of hydrogen-bond donors (Lipinski definition) is 0. The standard InChI is InChI=1S/C28H22N4O.C23H25BN2O3.C22H18N4O.C17H13BrN2O/c1-20-22(9-11-29)13-24(14-23(20)10-12-30)25-15-26(17-31-2)28(27(16-25)18-32-3)33-19-21-7-5-4-6-8-21;1-22(2)23(3,4)29-24(28-22)20-13-18(11-12-25)21(19(14-20)15-26-5)27-16-17-9-7-6-8-10-17;1-15-16(3-7-23)11-20(12-17(15)4-8-24)22-18(5-9-25)13-21(27-2)14-19(22)6-10-26;1-20-11-15-10-16(18)9-14(7-8-19)17(15)21-12-13-5-3-2-4-6-13/h4-8,13-16H,9-10,17-19H2,1H3;6-10,13-14H,11,15-16H2,1-4H3;11-14H,3-6H2,1-2H3;2-6,9-10H,7,11-12H2. The highest BCUT2D eigenvalue weighted by molar-refractivity contribution is 9.10. The monoisotopic (exact) mass is 1510 g/mol. The van der Waals surface area contributed by atoms with Crippen molar-refractivity contribution in [1.82, 2.24) is 0 Å². The van der Waals surface area contributed by atoms with E-state index in [4.69, 9.17) is 70.3 Å². The first-order valence-corrected chi connectivity index (χ1v) is 35.7. The summed E-state index contributed by atoms with van der Waals surface area (Å²) in [5.41, 5.74) is 17.7. The molecule has 1 aliphatic heterocycles. The van der Waals surface area contributed by atoms with Crippen molar-refractivity contribution in [3.63, 3.8) is 0 Å². The maximum atomic E-state index is 9.34. The molecule has 0 unspecified atom stereocenters. The molecule has 18 nitrogen and oxygen atoms in total. The molecule has 0 spiro atoms. The summed E-state index contributed by atoms with van der Waals surface area (Å²) >= 11 is 3.42. The van der Waals surface area contributed by atoms with Crippen molar-refractivity contribution in [2.24, 2.45) is 0 Å². The van der Waals surface area contributed by atoms with Crippen molar-refractivity contribution in [3.8, 4) is 93.8 Å². The summed E-state index contributed by atoms with van der Waals surface area (Å²) in [4.78, 5) is 14.1. The van der Waals surface area contributed by atoms with Crippen molar-refractivity contribution in [2.75, 3.05) is 7.11 Å². The number of halogens is 1. The van der Waals surface area contributed by atoms with Crippen LogP contribution < -0.4 is 24.4 Å². The molecule has 10 rings (SSSR count). The molecule has 1 aliphatic rings. The Morgan fingerprint density at radius 3 is 0.982 bits per heavy atom. The number of nitrogens with zero attached hydrogens (tertiary/aromatic N) is 12. The first-order chi connectivity index (χ1) is 53.2. The van der Waals surface area contributed by atoms with Crippen LogP contribution in [0.15, 0.2) is 168 Å². The number of rotatable bonds is 25. The lowest BCUT2D eigenvalue weighted by Crippen LogP contribution is -2.41.